The molecule has 0 aromatic carbocycles. The second kappa shape index (κ2) is 7.13. The summed E-state index contributed by atoms with van der Waals surface area (Å²) < 4.78 is 0. The van der Waals surface area contributed by atoms with Gasteiger partial charge in [0.05, 0.1) is 5.41 Å². The second-order valence-electron chi connectivity index (χ2n) is 7.51. The molecule has 0 aromatic heterocycles. The maximum absolute atomic E-state index is 12.4. The third-order valence-corrected chi connectivity index (χ3v) is 5.44. The summed E-state index contributed by atoms with van der Waals surface area (Å²) in [6.07, 6.45) is 9.35. The van der Waals surface area contributed by atoms with E-state index in [9.17, 15) is 4.79 Å². The molecule has 20 heavy (non-hydrogen) atoms. The average Bonchev–Trinajstić information content (AvgIpc) is 2.87. The van der Waals surface area contributed by atoms with Crippen molar-refractivity contribution in [3.8, 4) is 0 Å². The highest BCUT2D eigenvalue weighted by Crippen LogP contribution is 2.39. The molecule has 0 aliphatic heterocycles. The minimum absolute atomic E-state index is 0. The summed E-state index contributed by atoms with van der Waals surface area (Å²) in [7, 11) is 0. The molecule has 0 aromatic rings. The van der Waals surface area contributed by atoms with Crippen LogP contribution in [0.4, 0.5) is 0 Å². The third-order valence-electron chi connectivity index (χ3n) is 5.44. The monoisotopic (exact) mass is 302 g/mol. The Hall–Kier alpha value is -0.280. The quantitative estimate of drug-likeness (QED) is 0.837. The lowest BCUT2D eigenvalue weighted by molar-refractivity contribution is -0.130. The molecule has 2 saturated carbocycles. The first-order valence-corrected chi connectivity index (χ1v) is 7.96. The van der Waals surface area contributed by atoms with Gasteiger partial charge in [0.15, 0.2) is 0 Å². The Balaban J connectivity index is 0.00000200. The van der Waals surface area contributed by atoms with Gasteiger partial charge in [-0.05, 0) is 49.9 Å². The topological polar surface area (TPSA) is 55.1 Å². The molecule has 4 heteroatoms. The highest BCUT2D eigenvalue weighted by atomic mass is 35.5. The number of nitrogens with two attached hydrogens (primary N) is 1. The van der Waals surface area contributed by atoms with E-state index in [0.29, 0.717) is 17.9 Å². The lowest BCUT2D eigenvalue weighted by atomic mass is 9.73. The molecule has 0 bridgehead atoms. The molecule has 2 aliphatic rings. The number of hydrogen-bond donors (Lipinski definition) is 2. The van der Waals surface area contributed by atoms with Gasteiger partial charge in [-0.25, -0.2) is 0 Å². The number of nitrogens with one attached hydrogen (secondary N) is 1. The molecule has 0 unspecified atom stereocenters. The fourth-order valence-corrected chi connectivity index (χ4v) is 3.66. The number of carbonyl (C=O) groups is 1. The van der Waals surface area contributed by atoms with Crippen LogP contribution < -0.4 is 11.1 Å². The highest BCUT2D eigenvalue weighted by Gasteiger charge is 2.39. The van der Waals surface area contributed by atoms with Crippen LogP contribution in [0, 0.1) is 16.7 Å². The normalized spacial score (nSPS) is 24.9. The number of carbonyl (C=O) groups excluding carboxylic acids is 1. The summed E-state index contributed by atoms with van der Waals surface area (Å²) >= 11 is 0. The molecule has 0 spiro atoms. The number of amides is 1. The van der Waals surface area contributed by atoms with Crippen LogP contribution >= 0.6 is 12.4 Å². The van der Waals surface area contributed by atoms with Crippen molar-refractivity contribution >= 4 is 18.3 Å². The number of halogens is 1. The van der Waals surface area contributed by atoms with Crippen molar-refractivity contribution in [3.63, 3.8) is 0 Å². The van der Waals surface area contributed by atoms with Gasteiger partial charge < -0.3 is 11.1 Å². The van der Waals surface area contributed by atoms with Crippen molar-refractivity contribution in [1.82, 2.24) is 5.32 Å². The van der Waals surface area contributed by atoms with Crippen molar-refractivity contribution in [2.45, 2.75) is 65.2 Å². The minimum Gasteiger partial charge on any atom is -0.355 e. The van der Waals surface area contributed by atoms with E-state index in [-0.39, 0.29) is 23.7 Å². The lowest BCUT2D eigenvalue weighted by Gasteiger charge is -2.35. The van der Waals surface area contributed by atoms with Gasteiger partial charge in [0, 0.05) is 13.1 Å². The molecule has 3 nitrogen and oxygen atoms in total. The minimum atomic E-state index is -0.242. The van der Waals surface area contributed by atoms with Crippen LogP contribution in [-0.2, 0) is 4.79 Å². The van der Waals surface area contributed by atoms with E-state index >= 15 is 0 Å². The van der Waals surface area contributed by atoms with Crippen molar-refractivity contribution in [2.24, 2.45) is 22.5 Å². The molecule has 0 atom stereocenters. The van der Waals surface area contributed by atoms with E-state index < -0.39 is 0 Å². The summed E-state index contributed by atoms with van der Waals surface area (Å²) in [5.41, 5.74) is 6.12. The Morgan fingerprint density at radius 2 is 1.70 bits per heavy atom. The fraction of sp³-hybridized carbons (Fsp3) is 0.938. The number of hydrogen-bond acceptors (Lipinski definition) is 2. The summed E-state index contributed by atoms with van der Waals surface area (Å²) in [6, 6.07) is 0. The van der Waals surface area contributed by atoms with Gasteiger partial charge >= 0.3 is 0 Å². The van der Waals surface area contributed by atoms with Crippen LogP contribution in [0.2, 0.25) is 0 Å². The zero-order valence-corrected chi connectivity index (χ0v) is 13.9. The molecule has 3 N–H and O–H groups in total. The maximum atomic E-state index is 12.4. The first-order valence-electron chi connectivity index (χ1n) is 7.96. The Labute approximate surface area is 129 Å². The van der Waals surface area contributed by atoms with Gasteiger partial charge in [-0.15, -0.1) is 12.4 Å². The smallest absolute Gasteiger partial charge is 0.227 e. The molecule has 118 valence electrons. The van der Waals surface area contributed by atoms with Crippen LogP contribution in [0.25, 0.3) is 0 Å². The van der Waals surface area contributed by atoms with Crippen LogP contribution in [0.1, 0.15) is 65.2 Å². The molecule has 1 amide bonds. The standard InChI is InChI=1S/C16H30N2O.ClH/c1-15(2)9-5-13(6-10-15)11-18-14(19)16(12-17)7-3-4-8-16;/h13H,3-12,17H2,1-2H3,(H,18,19);1H. The summed E-state index contributed by atoms with van der Waals surface area (Å²) in [4.78, 5) is 12.4. The summed E-state index contributed by atoms with van der Waals surface area (Å²) in [5.74, 6) is 0.894. The van der Waals surface area contributed by atoms with Gasteiger partial charge in [0.1, 0.15) is 0 Å². The first-order chi connectivity index (χ1) is 8.97. The molecule has 2 rings (SSSR count). The van der Waals surface area contributed by atoms with E-state index in [1.165, 1.54) is 25.7 Å². The van der Waals surface area contributed by atoms with Crippen LogP contribution in [0.5, 0.6) is 0 Å². The Morgan fingerprint density at radius 3 is 2.20 bits per heavy atom. The zero-order chi connectivity index (χ0) is 13.9. The van der Waals surface area contributed by atoms with Crippen molar-refractivity contribution in [2.75, 3.05) is 13.1 Å². The van der Waals surface area contributed by atoms with Crippen LogP contribution in [0.3, 0.4) is 0 Å². The third kappa shape index (κ3) is 4.11. The molecule has 0 radical (unpaired) electrons. The van der Waals surface area contributed by atoms with Crippen molar-refractivity contribution in [3.05, 3.63) is 0 Å². The van der Waals surface area contributed by atoms with Gasteiger partial charge in [-0.3, -0.25) is 4.79 Å². The Morgan fingerprint density at radius 1 is 1.15 bits per heavy atom. The summed E-state index contributed by atoms with van der Waals surface area (Å²) in [6.45, 7) is 6.07. The molecule has 0 heterocycles. The lowest BCUT2D eigenvalue weighted by Crippen LogP contribution is -2.46. The van der Waals surface area contributed by atoms with Gasteiger partial charge in [-0.2, -0.15) is 0 Å². The highest BCUT2D eigenvalue weighted by molar-refractivity contribution is 5.85. The van der Waals surface area contributed by atoms with Gasteiger partial charge in [0.25, 0.3) is 0 Å². The van der Waals surface area contributed by atoms with Gasteiger partial charge in [0.2, 0.25) is 5.91 Å². The van der Waals surface area contributed by atoms with E-state index in [1.807, 2.05) is 0 Å². The fourth-order valence-electron chi connectivity index (χ4n) is 3.66. The predicted octanol–water partition coefficient (Wildman–Crippen LogP) is 3.26. The molecule has 0 saturated heterocycles. The zero-order valence-electron chi connectivity index (χ0n) is 13.0. The van der Waals surface area contributed by atoms with Crippen LogP contribution in [0.15, 0.2) is 0 Å². The van der Waals surface area contributed by atoms with Crippen molar-refractivity contribution in [1.29, 1.82) is 0 Å². The first kappa shape index (κ1) is 17.8. The maximum Gasteiger partial charge on any atom is 0.227 e. The average molecular weight is 303 g/mol. The van der Waals surface area contributed by atoms with Crippen LogP contribution in [-0.4, -0.2) is 19.0 Å². The molecule has 2 fully saturated rings. The second-order valence-corrected chi connectivity index (χ2v) is 7.51. The van der Waals surface area contributed by atoms with Gasteiger partial charge in [-0.1, -0.05) is 26.7 Å². The largest absolute Gasteiger partial charge is 0.355 e. The summed E-state index contributed by atoms with van der Waals surface area (Å²) in [5, 5.41) is 3.19. The number of rotatable bonds is 4. The molecule has 2 aliphatic carbocycles. The van der Waals surface area contributed by atoms with E-state index in [2.05, 4.69) is 19.2 Å². The molecular weight excluding hydrogens is 272 g/mol. The predicted molar refractivity (Wildman–Crippen MR) is 86.0 cm³/mol. The van der Waals surface area contributed by atoms with E-state index in [4.69, 9.17) is 5.73 Å². The SMILES string of the molecule is CC1(C)CCC(CNC(=O)C2(CN)CCCC2)CC1.Cl. The van der Waals surface area contributed by atoms with Crippen molar-refractivity contribution < 1.29 is 4.79 Å². The Kier molecular flexibility index (Phi) is 6.33. The van der Waals surface area contributed by atoms with E-state index in [1.54, 1.807) is 0 Å². The Bertz CT molecular complexity index is 314. The molecular formula is C16H31ClN2O. The van der Waals surface area contributed by atoms with E-state index in [0.717, 1.165) is 32.2 Å².